The average molecular weight is 378 g/mol. The van der Waals surface area contributed by atoms with Crippen molar-refractivity contribution in [2.45, 2.75) is 37.5 Å². The lowest BCUT2D eigenvalue weighted by Gasteiger charge is -2.07. The summed E-state index contributed by atoms with van der Waals surface area (Å²) in [7, 11) is -3.62. The molecule has 9 heteroatoms. The van der Waals surface area contributed by atoms with Gasteiger partial charge in [-0.15, -0.1) is 0 Å². The number of aryl methyl sites for hydroxylation is 1. The fraction of sp³-hybridized carbons (Fsp3) is 0.429. The highest BCUT2D eigenvalue weighted by Crippen LogP contribution is 2.24. The van der Waals surface area contributed by atoms with Gasteiger partial charge in [-0.2, -0.15) is 4.98 Å². The van der Waals surface area contributed by atoms with Crippen LogP contribution >= 0.6 is 23.2 Å². The van der Waals surface area contributed by atoms with E-state index < -0.39 is 10.0 Å². The number of benzene rings is 1. The van der Waals surface area contributed by atoms with Crippen molar-refractivity contribution < 1.29 is 12.9 Å². The summed E-state index contributed by atoms with van der Waals surface area (Å²) in [4.78, 5) is 4.31. The molecule has 2 aromatic rings. The van der Waals surface area contributed by atoms with Gasteiger partial charge in [0, 0.05) is 18.9 Å². The number of rotatable bonds is 7. The molecular weight excluding hydrogens is 361 g/mol. The van der Waals surface area contributed by atoms with Crippen molar-refractivity contribution in [2.75, 3.05) is 6.54 Å². The fourth-order valence-corrected chi connectivity index (χ4v) is 3.24. The minimum atomic E-state index is -3.62. The maximum Gasteiger partial charge on any atom is 0.240 e. The van der Waals surface area contributed by atoms with Crippen LogP contribution in [0.4, 0.5) is 0 Å². The van der Waals surface area contributed by atoms with Gasteiger partial charge in [-0.3, -0.25) is 0 Å². The number of nitrogens with zero attached hydrogens (tertiary/aromatic N) is 2. The normalized spacial score (nSPS) is 12.0. The Morgan fingerprint density at radius 2 is 2.00 bits per heavy atom. The molecule has 0 bridgehead atoms. The van der Waals surface area contributed by atoms with Crippen LogP contribution in [0.3, 0.4) is 0 Å². The molecule has 0 aliphatic rings. The lowest BCUT2D eigenvalue weighted by Crippen LogP contribution is -2.25. The Morgan fingerprint density at radius 1 is 1.26 bits per heavy atom. The maximum absolute atomic E-state index is 12.1. The van der Waals surface area contributed by atoms with Gasteiger partial charge in [0.15, 0.2) is 5.82 Å². The van der Waals surface area contributed by atoms with Crippen LogP contribution in [0, 0.1) is 0 Å². The Balaban J connectivity index is 1.88. The summed E-state index contributed by atoms with van der Waals surface area (Å²) in [5.74, 6) is 1.35. The smallest absolute Gasteiger partial charge is 0.240 e. The third-order valence-corrected chi connectivity index (χ3v) is 5.26. The van der Waals surface area contributed by atoms with Crippen molar-refractivity contribution in [1.82, 2.24) is 14.9 Å². The van der Waals surface area contributed by atoms with Crippen LogP contribution in [0.5, 0.6) is 0 Å². The molecule has 0 unspecified atom stereocenters. The Hall–Kier alpha value is -1.15. The summed E-state index contributed by atoms with van der Waals surface area (Å²) < 4.78 is 31.9. The van der Waals surface area contributed by atoms with Crippen LogP contribution in [0.1, 0.15) is 37.9 Å². The highest BCUT2D eigenvalue weighted by molar-refractivity contribution is 7.89. The molecule has 1 aromatic carbocycles. The second-order valence-electron chi connectivity index (χ2n) is 5.28. The molecule has 23 heavy (non-hydrogen) atoms. The third kappa shape index (κ3) is 4.91. The lowest BCUT2D eigenvalue weighted by atomic mass is 10.2. The molecular formula is C14H17Cl2N3O3S. The quantitative estimate of drug-likeness (QED) is 0.747. The zero-order valence-electron chi connectivity index (χ0n) is 12.7. The van der Waals surface area contributed by atoms with Gasteiger partial charge < -0.3 is 4.52 Å². The summed E-state index contributed by atoms with van der Waals surface area (Å²) >= 11 is 11.6. The average Bonchev–Trinajstić information content (AvgIpc) is 2.95. The molecule has 0 amide bonds. The molecule has 0 atom stereocenters. The monoisotopic (exact) mass is 377 g/mol. The van der Waals surface area contributed by atoms with Crippen molar-refractivity contribution in [3.63, 3.8) is 0 Å². The highest BCUT2D eigenvalue weighted by atomic mass is 35.5. The number of nitrogens with one attached hydrogen (secondary N) is 1. The molecule has 0 saturated heterocycles. The number of hydrogen-bond donors (Lipinski definition) is 1. The van der Waals surface area contributed by atoms with Gasteiger partial charge in [-0.25, -0.2) is 13.1 Å². The van der Waals surface area contributed by atoms with Crippen LogP contribution in [0.25, 0.3) is 0 Å². The molecule has 0 saturated carbocycles. The third-order valence-electron chi connectivity index (χ3n) is 3.06. The standard InChI is InChI=1S/C14H17Cl2N3O3S/c1-9(2)14-18-13(22-19-14)4-3-7-17-23(20,21)10-5-6-11(15)12(16)8-10/h5-6,8-9,17H,3-4,7H2,1-2H3. The second-order valence-corrected chi connectivity index (χ2v) is 7.86. The van der Waals surface area contributed by atoms with Gasteiger partial charge in [0.2, 0.25) is 15.9 Å². The van der Waals surface area contributed by atoms with Gasteiger partial charge in [0.1, 0.15) is 0 Å². The molecule has 0 fully saturated rings. The minimum absolute atomic E-state index is 0.0757. The number of sulfonamides is 1. The van der Waals surface area contributed by atoms with E-state index in [1.807, 2.05) is 13.8 Å². The Morgan fingerprint density at radius 3 is 2.61 bits per heavy atom. The Labute approximate surface area is 145 Å². The topological polar surface area (TPSA) is 85.1 Å². The van der Waals surface area contributed by atoms with Crippen molar-refractivity contribution in [2.24, 2.45) is 0 Å². The van der Waals surface area contributed by atoms with E-state index in [0.29, 0.717) is 29.6 Å². The molecule has 0 aliphatic heterocycles. The molecule has 1 heterocycles. The zero-order chi connectivity index (χ0) is 17.0. The molecule has 6 nitrogen and oxygen atoms in total. The van der Waals surface area contributed by atoms with E-state index in [-0.39, 0.29) is 22.4 Å². The SMILES string of the molecule is CC(C)c1noc(CCCNS(=O)(=O)c2ccc(Cl)c(Cl)c2)n1. The predicted molar refractivity (Wildman–Crippen MR) is 88.4 cm³/mol. The first-order chi connectivity index (χ1) is 10.8. The first-order valence-corrected chi connectivity index (χ1v) is 9.30. The van der Waals surface area contributed by atoms with Crippen LogP contribution in [-0.4, -0.2) is 25.1 Å². The number of aromatic nitrogens is 2. The Bertz CT molecular complexity index is 775. The number of hydrogen-bond acceptors (Lipinski definition) is 5. The van der Waals surface area contributed by atoms with E-state index in [1.165, 1.54) is 18.2 Å². The van der Waals surface area contributed by atoms with Gasteiger partial charge in [-0.05, 0) is 24.6 Å². The first kappa shape index (κ1) is 18.2. The first-order valence-electron chi connectivity index (χ1n) is 7.07. The molecule has 1 N–H and O–H groups in total. The predicted octanol–water partition coefficient (Wildman–Crippen LogP) is 3.41. The fourth-order valence-electron chi connectivity index (χ4n) is 1.78. The zero-order valence-corrected chi connectivity index (χ0v) is 15.0. The van der Waals surface area contributed by atoms with E-state index in [0.717, 1.165) is 0 Å². The van der Waals surface area contributed by atoms with Crippen molar-refractivity contribution >= 4 is 33.2 Å². The Kier molecular flexibility index (Phi) is 6.02. The highest BCUT2D eigenvalue weighted by Gasteiger charge is 2.15. The number of halogens is 2. The van der Waals surface area contributed by atoms with Crippen molar-refractivity contribution in [1.29, 1.82) is 0 Å². The summed E-state index contributed by atoms with van der Waals surface area (Å²) in [5, 5.41) is 4.36. The van der Waals surface area contributed by atoms with Gasteiger partial charge in [0.25, 0.3) is 0 Å². The van der Waals surface area contributed by atoms with Crippen LogP contribution in [0.15, 0.2) is 27.6 Å². The molecule has 0 aliphatic carbocycles. The molecule has 2 rings (SSSR count). The summed E-state index contributed by atoms with van der Waals surface area (Å²) in [6.45, 7) is 4.20. The van der Waals surface area contributed by atoms with Gasteiger partial charge in [0.05, 0.1) is 14.9 Å². The second kappa shape index (κ2) is 7.61. The largest absolute Gasteiger partial charge is 0.339 e. The van der Waals surface area contributed by atoms with E-state index in [4.69, 9.17) is 27.7 Å². The summed E-state index contributed by atoms with van der Waals surface area (Å²) in [6, 6.07) is 4.17. The van der Waals surface area contributed by atoms with Gasteiger partial charge in [-0.1, -0.05) is 42.2 Å². The van der Waals surface area contributed by atoms with E-state index in [1.54, 1.807) is 0 Å². The van der Waals surface area contributed by atoms with Crippen LogP contribution in [0.2, 0.25) is 10.0 Å². The molecule has 0 radical (unpaired) electrons. The van der Waals surface area contributed by atoms with Gasteiger partial charge >= 0.3 is 0 Å². The molecule has 0 spiro atoms. The molecule has 126 valence electrons. The lowest BCUT2D eigenvalue weighted by molar-refractivity contribution is 0.368. The maximum atomic E-state index is 12.1. The van der Waals surface area contributed by atoms with E-state index in [2.05, 4.69) is 14.9 Å². The summed E-state index contributed by atoms with van der Waals surface area (Å²) in [5.41, 5.74) is 0. The molecule has 1 aromatic heterocycles. The van der Waals surface area contributed by atoms with Crippen molar-refractivity contribution in [3.8, 4) is 0 Å². The van der Waals surface area contributed by atoms with Crippen LogP contribution in [-0.2, 0) is 16.4 Å². The summed E-state index contributed by atoms with van der Waals surface area (Å²) in [6.07, 6.45) is 1.05. The minimum Gasteiger partial charge on any atom is -0.339 e. The van der Waals surface area contributed by atoms with E-state index >= 15 is 0 Å². The van der Waals surface area contributed by atoms with Crippen molar-refractivity contribution in [3.05, 3.63) is 40.0 Å². The van der Waals surface area contributed by atoms with E-state index in [9.17, 15) is 8.42 Å². The van der Waals surface area contributed by atoms with Crippen LogP contribution < -0.4 is 4.72 Å².